The number of nitrogens with one attached hydrogen (secondary N) is 1. The Kier molecular flexibility index (Phi) is 8.20. The van der Waals surface area contributed by atoms with Gasteiger partial charge in [0.05, 0.1) is 4.47 Å². The summed E-state index contributed by atoms with van der Waals surface area (Å²) in [6.07, 6.45) is 0. The molecule has 0 aliphatic heterocycles. The van der Waals surface area contributed by atoms with E-state index in [0.29, 0.717) is 17.2 Å². The molecule has 0 aliphatic carbocycles. The van der Waals surface area contributed by atoms with Crippen molar-refractivity contribution in [1.29, 1.82) is 0 Å². The van der Waals surface area contributed by atoms with Gasteiger partial charge in [-0.05, 0) is 52.5 Å². The van der Waals surface area contributed by atoms with Gasteiger partial charge in [0.2, 0.25) is 5.91 Å². The first kappa shape index (κ1) is 22.9. The van der Waals surface area contributed by atoms with Gasteiger partial charge in [0, 0.05) is 19.2 Å². The fourth-order valence-electron chi connectivity index (χ4n) is 2.82. The van der Waals surface area contributed by atoms with Crippen molar-refractivity contribution in [1.82, 2.24) is 10.2 Å². The van der Waals surface area contributed by atoms with Crippen LogP contribution >= 0.6 is 15.9 Å². The Balaban J connectivity index is 2.17. The number of carbonyl (C=O) groups is 2. The topological polar surface area (TPSA) is 58.6 Å². The molecule has 1 atom stereocenters. The largest absolute Gasteiger partial charge is 0.483 e. The lowest BCUT2D eigenvalue weighted by Crippen LogP contribution is -2.48. The second kappa shape index (κ2) is 10.4. The summed E-state index contributed by atoms with van der Waals surface area (Å²) in [4.78, 5) is 26.3. The van der Waals surface area contributed by atoms with Crippen molar-refractivity contribution in [2.45, 2.75) is 39.3 Å². The first-order valence-electron chi connectivity index (χ1n) is 9.41. The van der Waals surface area contributed by atoms with Crippen LogP contribution in [0.4, 0.5) is 4.39 Å². The Labute approximate surface area is 179 Å². The molecule has 2 aromatic rings. The molecule has 0 radical (unpaired) electrons. The molecule has 0 heterocycles. The van der Waals surface area contributed by atoms with E-state index in [2.05, 4.69) is 35.1 Å². The maximum absolute atomic E-state index is 14.1. The van der Waals surface area contributed by atoms with Gasteiger partial charge in [-0.1, -0.05) is 38.1 Å². The van der Waals surface area contributed by atoms with Crippen LogP contribution in [0, 0.1) is 5.82 Å². The van der Waals surface area contributed by atoms with Gasteiger partial charge in [-0.3, -0.25) is 9.59 Å². The first-order chi connectivity index (χ1) is 13.7. The zero-order chi connectivity index (χ0) is 21.6. The first-order valence-corrected chi connectivity index (χ1v) is 10.2. The van der Waals surface area contributed by atoms with Crippen LogP contribution in [0.25, 0.3) is 0 Å². The Morgan fingerprint density at radius 3 is 2.45 bits per heavy atom. The van der Waals surface area contributed by atoms with Gasteiger partial charge >= 0.3 is 0 Å². The average Bonchev–Trinajstić information content (AvgIpc) is 2.70. The Hall–Kier alpha value is -2.41. The van der Waals surface area contributed by atoms with Crippen molar-refractivity contribution in [2.24, 2.45) is 0 Å². The quantitative estimate of drug-likeness (QED) is 0.634. The molecule has 2 rings (SSSR count). The SMILES string of the molecule is CNC(=O)[C@@H](C)N(Cc1ccccc1F)C(=O)COc1ccc(C(C)C)cc1Br. The Morgan fingerprint density at radius 2 is 1.86 bits per heavy atom. The molecule has 0 bridgehead atoms. The number of nitrogens with zero attached hydrogens (tertiary/aromatic N) is 1. The summed E-state index contributed by atoms with van der Waals surface area (Å²) in [6.45, 7) is 5.48. The number of likely N-dealkylation sites (N-methyl/N-ethyl adjacent to an activating group) is 1. The molecule has 0 aromatic heterocycles. The van der Waals surface area contributed by atoms with E-state index in [1.165, 1.54) is 18.0 Å². The number of carbonyl (C=O) groups excluding carboxylic acids is 2. The van der Waals surface area contributed by atoms with Crippen molar-refractivity contribution in [3.8, 4) is 5.75 Å². The fraction of sp³-hybridized carbons (Fsp3) is 0.364. The van der Waals surface area contributed by atoms with E-state index >= 15 is 0 Å². The van der Waals surface area contributed by atoms with E-state index in [4.69, 9.17) is 4.74 Å². The van der Waals surface area contributed by atoms with Crippen molar-refractivity contribution < 1.29 is 18.7 Å². The van der Waals surface area contributed by atoms with Crippen LogP contribution in [0.5, 0.6) is 5.75 Å². The van der Waals surface area contributed by atoms with Crippen LogP contribution in [0.1, 0.15) is 37.8 Å². The van der Waals surface area contributed by atoms with Crippen molar-refractivity contribution >= 4 is 27.7 Å². The highest BCUT2D eigenvalue weighted by atomic mass is 79.9. The third kappa shape index (κ3) is 6.03. The van der Waals surface area contributed by atoms with E-state index in [0.717, 1.165) is 10.0 Å². The minimum absolute atomic E-state index is 0.0308. The summed E-state index contributed by atoms with van der Waals surface area (Å²) in [6, 6.07) is 11.1. The highest BCUT2D eigenvalue weighted by Crippen LogP contribution is 2.29. The van der Waals surface area contributed by atoms with Gasteiger partial charge in [-0.2, -0.15) is 0 Å². The van der Waals surface area contributed by atoms with Gasteiger partial charge in [-0.25, -0.2) is 4.39 Å². The Morgan fingerprint density at radius 1 is 1.17 bits per heavy atom. The Bertz CT molecular complexity index is 873. The molecule has 1 N–H and O–H groups in total. The number of hydrogen-bond acceptors (Lipinski definition) is 3. The highest BCUT2D eigenvalue weighted by molar-refractivity contribution is 9.10. The van der Waals surface area contributed by atoms with Crippen LogP contribution in [-0.2, 0) is 16.1 Å². The number of ether oxygens (including phenoxy) is 1. The lowest BCUT2D eigenvalue weighted by molar-refractivity contribution is -0.142. The van der Waals surface area contributed by atoms with Crippen molar-refractivity contribution in [3.05, 3.63) is 63.9 Å². The van der Waals surface area contributed by atoms with Gasteiger partial charge in [0.15, 0.2) is 6.61 Å². The number of benzene rings is 2. The second-order valence-electron chi connectivity index (χ2n) is 7.04. The zero-order valence-corrected chi connectivity index (χ0v) is 18.6. The van der Waals surface area contributed by atoms with Gasteiger partial charge in [-0.15, -0.1) is 0 Å². The summed E-state index contributed by atoms with van der Waals surface area (Å²) in [5.74, 6) is -0.281. The smallest absolute Gasteiger partial charge is 0.261 e. The second-order valence-corrected chi connectivity index (χ2v) is 7.89. The third-order valence-corrected chi connectivity index (χ3v) is 5.31. The molecule has 0 fully saturated rings. The molecule has 7 heteroatoms. The van der Waals surface area contributed by atoms with Crippen LogP contribution in [-0.4, -0.2) is 36.4 Å². The molecule has 0 saturated heterocycles. The molecule has 29 heavy (non-hydrogen) atoms. The number of amides is 2. The molecular weight excluding hydrogens is 439 g/mol. The molecule has 0 saturated carbocycles. The van der Waals surface area contributed by atoms with Crippen molar-refractivity contribution in [3.63, 3.8) is 0 Å². The molecule has 0 spiro atoms. The average molecular weight is 465 g/mol. The van der Waals surface area contributed by atoms with E-state index in [9.17, 15) is 14.0 Å². The predicted molar refractivity (Wildman–Crippen MR) is 114 cm³/mol. The standard InChI is InChI=1S/C22H26BrFN2O3/c1-14(2)16-9-10-20(18(23)11-16)29-13-21(27)26(15(3)22(28)25-4)12-17-7-5-6-8-19(17)24/h5-11,14-15H,12-13H2,1-4H3,(H,25,28)/t15-/m1/s1. The van der Waals surface area contributed by atoms with Crippen LogP contribution in [0.2, 0.25) is 0 Å². The van der Waals surface area contributed by atoms with Gasteiger partial charge in [0.1, 0.15) is 17.6 Å². The van der Waals surface area contributed by atoms with Crippen LogP contribution < -0.4 is 10.1 Å². The van der Waals surface area contributed by atoms with Gasteiger partial charge in [0.25, 0.3) is 5.91 Å². The minimum atomic E-state index is -0.775. The molecule has 2 aromatic carbocycles. The highest BCUT2D eigenvalue weighted by Gasteiger charge is 2.26. The van der Waals surface area contributed by atoms with E-state index in [1.54, 1.807) is 31.2 Å². The third-order valence-electron chi connectivity index (χ3n) is 4.69. The summed E-state index contributed by atoms with van der Waals surface area (Å²) >= 11 is 3.47. The van der Waals surface area contributed by atoms with E-state index < -0.39 is 17.8 Å². The molecule has 0 unspecified atom stereocenters. The van der Waals surface area contributed by atoms with Gasteiger partial charge < -0.3 is 15.0 Å². The number of rotatable bonds is 8. The predicted octanol–water partition coefficient (Wildman–Crippen LogP) is 4.25. The lowest BCUT2D eigenvalue weighted by atomic mass is 10.0. The van der Waals surface area contributed by atoms with E-state index in [1.807, 2.05) is 12.1 Å². The normalized spacial score (nSPS) is 11.8. The number of halogens is 2. The fourth-order valence-corrected chi connectivity index (χ4v) is 3.33. The maximum atomic E-state index is 14.1. The number of hydrogen-bond donors (Lipinski definition) is 1. The monoisotopic (exact) mass is 464 g/mol. The lowest BCUT2D eigenvalue weighted by Gasteiger charge is -2.28. The van der Waals surface area contributed by atoms with E-state index in [-0.39, 0.29) is 19.1 Å². The summed E-state index contributed by atoms with van der Waals surface area (Å²) in [7, 11) is 1.49. The zero-order valence-electron chi connectivity index (χ0n) is 17.0. The molecule has 156 valence electrons. The summed E-state index contributed by atoms with van der Waals surface area (Å²) < 4.78 is 20.5. The van der Waals surface area contributed by atoms with Crippen LogP contribution in [0.15, 0.2) is 46.9 Å². The molecule has 0 aliphatic rings. The van der Waals surface area contributed by atoms with Crippen molar-refractivity contribution in [2.75, 3.05) is 13.7 Å². The summed E-state index contributed by atoms with van der Waals surface area (Å²) in [5, 5.41) is 2.53. The summed E-state index contributed by atoms with van der Waals surface area (Å²) in [5.41, 5.74) is 1.48. The minimum Gasteiger partial charge on any atom is -0.483 e. The van der Waals surface area contributed by atoms with Crippen LogP contribution in [0.3, 0.4) is 0 Å². The molecule has 5 nitrogen and oxygen atoms in total. The maximum Gasteiger partial charge on any atom is 0.261 e. The molecular formula is C22H26BrFN2O3. The molecule has 2 amide bonds.